The van der Waals surface area contributed by atoms with E-state index >= 15 is 0 Å². The predicted molar refractivity (Wildman–Crippen MR) is 93.2 cm³/mol. The quantitative estimate of drug-likeness (QED) is 0.744. The van der Waals surface area contributed by atoms with Crippen LogP contribution >= 0.6 is 0 Å². The lowest BCUT2D eigenvalue weighted by molar-refractivity contribution is 0.251. The first-order valence-electron chi connectivity index (χ1n) is 7.36. The summed E-state index contributed by atoms with van der Waals surface area (Å²) in [5.74, 6) is -0.0754. The number of amides is 2. The lowest BCUT2D eigenvalue weighted by atomic mass is 10.1. The summed E-state index contributed by atoms with van der Waals surface area (Å²) < 4.78 is 22.7. The van der Waals surface area contributed by atoms with E-state index < -0.39 is 15.9 Å². The van der Waals surface area contributed by atoms with E-state index in [9.17, 15) is 18.3 Å². The van der Waals surface area contributed by atoms with E-state index in [1.54, 1.807) is 30.3 Å². The number of benzene rings is 2. The molecule has 0 aliphatic carbocycles. The molecule has 128 valence electrons. The maximum atomic E-state index is 12.0. The van der Waals surface area contributed by atoms with Crippen LogP contribution in [-0.2, 0) is 28.7 Å². The molecule has 0 radical (unpaired) electrons. The molecule has 2 rings (SSSR count). The van der Waals surface area contributed by atoms with Crippen molar-refractivity contribution in [3.63, 3.8) is 0 Å². The highest BCUT2D eigenvalue weighted by molar-refractivity contribution is 7.89. The van der Waals surface area contributed by atoms with E-state index in [-0.39, 0.29) is 18.9 Å². The Hall–Kier alpha value is -2.38. The largest absolute Gasteiger partial charge is 0.392 e. The molecular formula is C17H20N2O4S. The van der Waals surface area contributed by atoms with Crippen LogP contribution in [0, 0.1) is 0 Å². The smallest absolute Gasteiger partial charge is 0.319 e. The Kier molecular flexibility index (Phi) is 5.94. The van der Waals surface area contributed by atoms with Gasteiger partial charge >= 0.3 is 6.03 Å². The van der Waals surface area contributed by atoms with E-state index in [2.05, 4.69) is 10.6 Å². The fourth-order valence-corrected chi connectivity index (χ4v) is 3.06. The molecule has 6 nitrogen and oxygen atoms in total. The summed E-state index contributed by atoms with van der Waals surface area (Å²) in [5.41, 5.74) is 2.72. The van der Waals surface area contributed by atoms with Gasteiger partial charge in [-0.1, -0.05) is 36.4 Å². The van der Waals surface area contributed by atoms with Crippen molar-refractivity contribution < 1.29 is 18.3 Å². The second-order valence-electron chi connectivity index (χ2n) is 5.50. The summed E-state index contributed by atoms with van der Waals surface area (Å²) in [6.45, 7) is 0.193. The Morgan fingerprint density at radius 2 is 1.79 bits per heavy atom. The molecule has 0 bridgehead atoms. The number of hydrogen-bond donors (Lipinski definition) is 3. The molecule has 0 fully saturated rings. The third-order valence-corrected chi connectivity index (χ3v) is 4.20. The molecule has 0 heterocycles. The van der Waals surface area contributed by atoms with Crippen LogP contribution in [0.2, 0.25) is 0 Å². The number of nitrogens with one attached hydrogen (secondary N) is 2. The fraction of sp³-hybridized carbons (Fsp3) is 0.235. The topological polar surface area (TPSA) is 95.5 Å². The van der Waals surface area contributed by atoms with Gasteiger partial charge in [0.15, 0.2) is 9.84 Å². The van der Waals surface area contributed by atoms with Crippen LogP contribution in [0.25, 0.3) is 0 Å². The molecule has 0 aromatic heterocycles. The van der Waals surface area contributed by atoms with E-state index in [0.29, 0.717) is 11.3 Å². The van der Waals surface area contributed by atoms with Crippen molar-refractivity contribution in [2.45, 2.75) is 18.9 Å². The number of rotatable bonds is 6. The van der Waals surface area contributed by atoms with Gasteiger partial charge < -0.3 is 15.7 Å². The number of carbonyl (C=O) groups excluding carboxylic acids is 1. The van der Waals surface area contributed by atoms with Gasteiger partial charge in [0.05, 0.1) is 12.4 Å². The van der Waals surface area contributed by atoms with Gasteiger partial charge in [0.1, 0.15) is 0 Å². The highest BCUT2D eigenvalue weighted by Gasteiger charge is 2.07. The SMILES string of the molecule is CS(=O)(=O)Cc1cccc(NC(=O)NCc2ccccc2CO)c1. The Morgan fingerprint density at radius 3 is 2.46 bits per heavy atom. The number of carbonyl (C=O) groups is 1. The zero-order chi connectivity index (χ0) is 17.6. The van der Waals surface area contributed by atoms with Crippen molar-refractivity contribution in [1.82, 2.24) is 5.32 Å². The van der Waals surface area contributed by atoms with Gasteiger partial charge in [-0.15, -0.1) is 0 Å². The van der Waals surface area contributed by atoms with Gasteiger partial charge in [-0.3, -0.25) is 0 Å². The minimum absolute atomic E-state index is 0.0754. The summed E-state index contributed by atoms with van der Waals surface area (Å²) in [6, 6.07) is 13.6. The molecule has 0 aliphatic heterocycles. The molecule has 0 atom stereocenters. The van der Waals surface area contributed by atoms with E-state index in [0.717, 1.165) is 11.1 Å². The van der Waals surface area contributed by atoms with Gasteiger partial charge in [0.2, 0.25) is 0 Å². The molecule has 0 saturated heterocycles. The van der Waals surface area contributed by atoms with Crippen LogP contribution in [0.1, 0.15) is 16.7 Å². The third-order valence-electron chi connectivity index (χ3n) is 3.34. The molecule has 0 aliphatic rings. The van der Waals surface area contributed by atoms with Crippen LogP contribution in [0.3, 0.4) is 0 Å². The lowest BCUT2D eigenvalue weighted by Crippen LogP contribution is -2.28. The van der Waals surface area contributed by atoms with E-state index in [4.69, 9.17) is 0 Å². The summed E-state index contributed by atoms with van der Waals surface area (Å²) in [7, 11) is -3.13. The molecule has 0 saturated carbocycles. The third kappa shape index (κ3) is 5.68. The van der Waals surface area contributed by atoms with Gasteiger partial charge in [-0.2, -0.15) is 0 Å². The van der Waals surface area contributed by atoms with Gasteiger partial charge in [-0.05, 0) is 28.8 Å². The average Bonchev–Trinajstić information content (AvgIpc) is 2.52. The maximum Gasteiger partial charge on any atom is 0.319 e. The molecule has 7 heteroatoms. The summed E-state index contributed by atoms with van der Waals surface area (Å²) in [5, 5.41) is 14.6. The van der Waals surface area contributed by atoms with Crippen molar-refractivity contribution in [3.8, 4) is 0 Å². The minimum atomic E-state index is -3.13. The van der Waals surface area contributed by atoms with E-state index in [1.165, 1.54) is 6.26 Å². The first kappa shape index (κ1) is 18.0. The van der Waals surface area contributed by atoms with Crippen molar-refractivity contribution in [3.05, 3.63) is 65.2 Å². The second-order valence-corrected chi connectivity index (χ2v) is 7.65. The van der Waals surface area contributed by atoms with Crippen LogP contribution in [0.5, 0.6) is 0 Å². The monoisotopic (exact) mass is 348 g/mol. The summed E-state index contributed by atoms with van der Waals surface area (Å²) >= 11 is 0. The zero-order valence-corrected chi connectivity index (χ0v) is 14.1. The molecule has 0 spiro atoms. The first-order chi connectivity index (χ1) is 11.4. The second kappa shape index (κ2) is 7.94. The molecule has 2 amide bonds. The van der Waals surface area contributed by atoms with Gasteiger partial charge in [0.25, 0.3) is 0 Å². The average molecular weight is 348 g/mol. The van der Waals surface area contributed by atoms with Gasteiger partial charge in [-0.25, -0.2) is 13.2 Å². The number of sulfone groups is 1. The number of anilines is 1. The van der Waals surface area contributed by atoms with Crippen LogP contribution in [-0.4, -0.2) is 25.8 Å². The summed E-state index contributed by atoms with van der Waals surface area (Å²) in [6.07, 6.45) is 1.17. The number of aliphatic hydroxyl groups excluding tert-OH is 1. The highest BCUT2D eigenvalue weighted by Crippen LogP contribution is 2.13. The predicted octanol–water partition coefficient (Wildman–Crippen LogP) is 2.05. The van der Waals surface area contributed by atoms with E-state index in [1.807, 2.05) is 18.2 Å². The standard InChI is InChI=1S/C17H20N2O4S/c1-24(22,23)12-13-5-4-8-16(9-13)19-17(21)18-10-14-6-2-3-7-15(14)11-20/h2-9,20H,10-12H2,1H3,(H2,18,19,21). The molecule has 24 heavy (non-hydrogen) atoms. The number of hydrogen-bond acceptors (Lipinski definition) is 4. The van der Waals surface area contributed by atoms with Crippen LogP contribution in [0.15, 0.2) is 48.5 Å². The van der Waals surface area contributed by atoms with Crippen molar-refractivity contribution in [1.29, 1.82) is 0 Å². The van der Waals surface area contributed by atoms with Crippen molar-refractivity contribution in [2.24, 2.45) is 0 Å². The Bertz CT molecular complexity index is 819. The Morgan fingerprint density at radius 1 is 1.08 bits per heavy atom. The molecule has 3 N–H and O–H groups in total. The molecule has 2 aromatic rings. The summed E-state index contributed by atoms with van der Waals surface area (Å²) in [4.78, 5) is 12.0. The van der Waals surface area contributed by atoms with Gasteiger partial charge in [0, 0.05) is 18.5 Å². The van der Waals surface area contributed by atoms with Crippen molar-refractivity contribution in [2.75, 3.05) is 11.6 Å². The minimum Gasteiger partial charge on any atom is -0.392 e. The Balaban J connectivity index is 1.96. The zero-order valence-electron chi connectivity index (χ0n) is 13.3. The van der Waals surface area contributed by atoms with Crippen LogP contribution < -0.4 is 10.6 Å². The normalized spacial score (nSPS) is 11.1. The molecular weight excluding hydrogens is 328 g/mol. The lowest BCUT2D eigenvalue weighted by Gasteiger charge is -2.11. The van der Waals surface area contributed by atoms with Crippen LogP contribution in [0.4, 0.5) is 10.5 Å². The van der Waals surface area contributed by atoms with Crippen molar-refractivity contribution >= 4 is 21.6 Å². The number of aliphatic hydroxyl groups is 1. The highest BCUT2D eigenvalue weighted by atomic mass is 32.2. The molecule has 0 unspecified atom stereocenters. The maximum absolute atomic E-state index is 12.0. The molecule has 2 aromatic carbocycles. The fourth-order valence-electron chi connectivity index (χ4n) is 2.28. The first-order valence-corrected chi connectivity index (χ1v) is 9.42. The Labute approximate surface area is 141 Å². The number of urea groups is 1.